The SMILES string of the molecule is CC(C)(C)Oc1ccc(O)c([C@@H](CF)N2CCNCC2)c1.Cl. The number of nitrogens with zero attached hydrogens (tertiary/aromatic N) is 1. The van der Waals surface area contributed by atoms with Gasteiger partial charge in [0, 0.05) is 31.7 Å². The number of phenolic OH excluding ortho intramolecular Hbond substituents is 1. The molecule has 22 heavy (non-hydrogen) atoms. The highest BCUT2D eigenvalue weighted by Gasteiger charge is 2.25. The standard InChI is InChI=1S/C16H25FN2O2.ClH/c1-16(2,3)21-12-4-5-15(20)13(10-12)14(11-17)19-8-6-18-7-9-19;/h4-5,10,14,18,20H,6-9,11H2,1-3H3;1H/t14-;/m1./s1. The summed E-state index contributed by atoms with van der Waals surface area (Å²) in [7, 11) is 0. The summed E-state index contributed by atoms with van der Waals surface area (Å²) in [5, 5.41) is 13.4. The fourth-order valence-electron chi connectivity index (χ4n) is 2.59. The molecule has 1 aromatic carbocycles. The van der Waals surface area contributed by atoms with Gasteiger partial charge in [0.05, 0.1) is 6.04 Å². The lowest BCUT2D eigenvalue weighted by molar-refractivity contribution is 0.128. The van der Waals surface area contributed by atoms with Crippen LogP contribution < -0.4 is 10.1 Å². The van der Waals surface area contributed by atoms with Crippen molar-refractivity contribution >= 4 is 12.4 Å². The Morgan fingerprint density at radius 1 is 1.32 bits per heavy atom. The molecule has 1 aliphatic heterocycles. The second-order valence-electron chi connectivity index (χ2n) is 6.39. The summed E-state index contributed by atoms with van der Waals surface area (Å²) in [6.45, 7) is 8.60. The van der Waals surface area contributed by atoms with Crippen molar-refractivity contribution < 1.29 is 14.2 Å². The van der Waals surface area contributed by atoms with E-state index in [-0.39, 0.29) is 23.8 Å². The second-order valence-corrected chi connectivity index (χ2v) is 6.39. The molecule has 2 N–H and O–H groups in total. The summed E-state index contributed by atoms with van der Waals surface area (Å²) < 4.78 is 19.4. The molecule has 1 aromatic rings. The highest BCUT2D eigenvalue weighted by Crippen LogP contribution is 2.33. The monoisotopic (exact) mass is 332 g/mol. The summed E-state index contributed by atoms with van der Waals surface area (Å²) in [5.74, 6) is 0.779. The van der Waals surface area contributed by atoms with E-state index in [9.17, 15) is 9.50 Å². The van der Waals surface area contributed by atoms with E-state index >= 15 is 0 Å². The molecule has 1 aliphatic rings. The van der Waals surface area contributed by atoms with Gasteiger partial charge in [-0.05, 0) is 39.0 Å². The molecule has 0 bridgehead atoms. The van der Waals surface area contributed by atoms with Crippen LogP contribution in [0, 0.1) is 0 Å². The minimum absolute atomic E-state index is 0. The smallest absolute Gasteiger partial charge is 0.120 e. The Morgan fingerprint density at radius 3 is 2.50 bits per heavy atom. The van der Waals surface area contributed by atoms with Crippen molar-refractivity contribution in [2.45, 2.75) is 32.4 Å². The Hall–Kier alpha value is -1.04. The minimum atomic E-state index is -0.521. The third kappa shape index (κ3) is 5.00. The van der Waals surface area contributed by atoms with E-state index in [2.05, 4.69) is 10.2 Å². The van der Waals surface area contributed by atoms with Gasteiger partial charge in [0.1, 0.15) is 23.8 Å². The van der Waals surface area contributed by atoms with Gasteiger partial charge in [-0.25, -0.2) is 4.39 Å². The maximum absolute atomic E-state index is 13.6. The first-order chi connectivity index (χ1) is 9.90. The number of aromatic hydroxyl groups is 1. The predicted octanol–water partition coefficient (Wildman–Crippen LogP) is 2.91. The molecule has 0 aliphatic carbocycles. The van der Waals surface area contributed by atoms with Crippen LogP contribution in [0.2, 0.25) is 0 Å². The molecule has 0 unspecified atom stereocenters. The number of hydrogen-bond acceptors (Lipinski definition) is 4. The zero-order valence-electron chi connectivity index (χ0n) is 13.4. The van der Waals surface area contributed by atoms with Crippen LogP contribution in [-0.4, -0.2) is 48.5 Å². The Bertz CT molecular complexity index is 474. The van der Waals surface area contributed by atoms with Crippen LogP contribution in [0.4, 0.5) is 4.39 Å². The van der Waals surface area contributed by atoms with Gasteiger partial charge in [-0.1, -0.05) is 0 Å². The van der Waals surface area contributed by atoms with E-state index in [1.807, 2.05) is 20.8 Å². The number of halogens is 2. The van der Waals surface area contributed by atoms with E-state index in [0.29, 0.717) is 11.3 Å². The third-order valence-electron chi connectivity index (χ3n) is 3.52. The summed E-state index contributed by atoms with van der Waals surface area (Å²) in [5.41, 5.74) is 0.273. The molecule has 6 heteroatoms. The molecule has 4 nitrogen and oxygen atoms in total. The van der Waals surface area contributed by atoms with Crippen LogP contribution in [0.25, 0.3) is 0 Å². The predicted molar refractivity (Wildman–Crippen MR) is 88.9 cm³/mol. The number of alkyl halides is 1. The lowest BCUT2D eigenvalue weighted by atomic mass is 10.0. The van der Waals surface area contributed by atoms with Gasteiger partial charge in [-0.3, -0.25) is 4.90 Å². The number of phenols is 1. The number of nitrogens with one attached hydrogen (secondary N) is 1. The first-order valence-corrected chi connectivity index (χ1v) is 7.43. The van der Waals surface area contributed by atoms with Gasteiger partial charge in [-0.15, -0.1) is 12.4 Å². The van der Waals surface area contributed by atoms with Crippen LogP contribution >= 0.6 is 12.4 Å². The Balaban J connectivity index is 0.00000242. The van der Waals surface area contributed by atoms with Crippen LogP contribution in [-0.2, 0) is 0 Å². The molecule has 1 fully saturated rings. The molecular formula is C16H26ClFN2O2. The zero-order valence-corrected chi connectivity index (χ0v) is 14.3. The van der Waals surface area contributed by atoms with E-state index in [0.717, 1.165) is 26.2 Å². The summed E-state index contributed by atoms with van der Waals surface area (Å²) >= 11 is 0. The number of benzene rings is 1. The molecule has 126 valence electrons. The fraction of sp³-hybridized carbons (Fsp3) is 0.625. The van der Waals surface area contributed by atoms with Crippen molar-refractivity contribution in [1.82, 2.24) is 10.2 Å². The van der Waals surface area contributed by atoms with Crippen LogP contribution in [0.15, 0.2) is 18.2 Å². The number of hydrogen-bond donors (Lipinski definition) is 2. The Labute approximate surface area is 138 Å². The Kier molecular flexibility index (Phi) is 6.91. The lowest BCUT2D eigenvalue weighted by Crippen LogP contribution is -2.45. The Morgan fingerprint density at radius 2 is 1.95 bits per heavy atom. The van der Waals surface area contributed by atoms with E-state index < -0.39 is 12.7 Å². The summed E-state index contributed by atoms with van der Waals surface area (Å²) in [4.78, 5) is 2.06. The normalized spacial score (nSPS) is 17.6. The van der Waals surface area contributed by atoms with Crippen molar-refractivity contribution in [3.05, 3.63) is 23.8 Å². The van der Waals surface area contributed by atoms with E-state index in [4.69, 9.17) is 4.74 Å². The van der Waals surface area contributed by atoms with Gasteiger partial charge >= 0.3 is 0 Å². The van der Waals surface area contributed by atoms with Crippen molar-refractivity contribution in [3.63, 3.8) is 0 Å². The maximum Gasteiger partial charge on any atom is 0.120 e. The van der Waals surface area contributed by atoms with Gasteiger partial charge < -0.3 is 15.2 Å². The quantitative estimate of drug-likeness (QED) is 0.890. The molecule has 1 saturated heterocycles. The molecule has 0 spiro atoms. The molecule has 1 atom stereocenters. The molecular weight excluding hydrogens is 307 g/mol. The van der Waals surface area contributed by atoms with E-state index in [1.165, 1.54) is 0 Å². The van der Waals surface area contributed by atoms with Crippen LogP contribution in [0.3, 0.4) is 0 Å². The second kappa shape index (κ2) is 7.99. The average Bonchev–Trinajstić information content (AvgIpc) is 2.43. The average molecular weight is 333 g/mol. The van der Waals surface area contributed by atoms with Gasteiger partial charge in [0.15, 0.2) is 0 Å². The molecule has 0 radical (unpaired) electrons. The van der Waals surface area contributed by atoms with Crippen molar-refractivity contribution in [2.24, 2.45) is 0 Å². The molecule has 0 aromatic heterocycles. The first-order valence-electron chi connectivity index (χ1n) is 7.43. The zero-order chi connectivity index (χ0) is 15.5. The molecule has 0 amide bonds. The van der Waals surface area contributed by atoms with E-state index in [1.54, 1.807) is 18.2 Å². The van der Waals surface area contributed by atoms with Crippen LogP contribution in [0.5, 0.6) is 11.5 Å². The highest BCUT2D eigenvalue weighted by molar-refractivity contribution is 5.85. The van der Waals surface area contributed by atoms with Crippen molar-refractivity contribution in [1.29, 1.82) is 0 Å². The molecule has 1 heterocycles. The largest absolute Gasteiger partial charge is 0.508 e. The van der Waals surface area contributed by atoms with Gasteiger partial charge in [0.2, 0.25) is 0 Å². The highest BCUT2D eigenvalue weighted by atomic mass is 35.5. The minimum Gasteiger partial charge on any atom is -0.508 e. The number of ether oxygens (including phenoxy) is 1. The number of rotatable bonds is 4. The van der Waals surface area contributed by atoms with Crippen molar-refractivity contribution in [2.75, 3.05) is 32.9 Å². The number of piperazine rings is 1. The third-order valence-corrected chi connectivity index (χ3v) is 3.52. The molecule has 2 rings (SSSR count). The maximum atomic E-state index is 13.6. The van der Waals surface area contributed by atoms with Crippen molar-refractivity contribution in [3.8, 4) is 11.5 Å². The lowest BCUT2D eigenvalue weighted by Gasteiger charge is -2.34. The topological polar surface area (TPSA) is 44.7 Å². The summed E-state index contributed by atoms with van der Waals surface area (Å²) in [6, 6.07) is 4.64. The molecule has 0 saturated carbocycles. The van der Waals surface area contributed by atoms with Crippen LogP contribution in [0.1, 0.15) is 32.4 Å². The summed E-state index contributed by atoms with van der Waals surface area (Å²) in [6.07, 6.45) is 0. The van der Waals surface area contributed by atoms with Gasteiger partial charge in [-0.2, -0.15) is 0 Å². The fourth-order valence-corrected chi connectivity index (χ4v) is 2.59. The van der Waals surface area contributed by atoms with Gasteiger partial charge in [0.25, 0.3) is 0 Å². The first kappa shape index (κ1) is 19.0.